The molecular formula is C22H16F3N. The van der Waals surface area contributed by atoms with Gasteiger partial charge in [0.05, 0.1) is 11.3 Å². The molecule has 0 spiro atoms. The number of fused-ring (bicyclic) bond motifs is 3. The predicted molar refractivity (Wildman–Crippen MR) is 99.2 cm³/mol. The normalized spacial score (nSPS) is 12.0. The fourth-order valence-corrected chi connectivity index (χ4v) is 3.61. The summed E-state index contributed by atoms with van der Waals surface area (Å²) in [6.07, 6.45) is -2.83. The Morgan fingerprint density at radius 2 is 1.46 bits per heavy atom. The number of rotatable bonds is 1. The van der Waals surface area contributed by atoms with Crippen molar-refractivity contribution in [2.45, 2.75) is 20.0 Å². The van der Waals surface area contributed by atoms with E-state index < -0.39 is 11.7 Å². The van der Waals surface area contributed by atoms with Gasteiger partial charge in [0.15, 0.2) is 0 Å². The summed E-state index contributed by atoms with van der Waals surface area (Å²) in [4.78, 5) is 4.52. The highest BCUT2D eigenvalue weighted by molar-refractivity contribution is 6.14. The van der Waals surface area contributed by atoms with Crippen molar-refractivity contribution in [2.24, 2.45) is 0 Å². The van der Waals surface area contributed by atoms with Gasteiger partial charge in [0.2, 0.25) is 0 Å². The van der Waals surface area contributed by atoms with E-state index in [0.29, 0.717) is 16.5 Å². The topological polar surface area (TPSA) is 12.9 Å². The van der Waals surface area contributed by atoms with Gasteiger partial charge in [-0.25, -0.2) is 0 Å². The summed E-state index contributed by atoms with van der Waals surface area (Å²) >= 11 is 0. The molecule has 0 bridgehead atoms. The highest BCUT2D eigenvalue weighted by atomic mass is 19.4. The van der Waals surface area contributed by atoms with E-state index in [0.717, 1.165) is 22.1 Å². The van der Waals surface area contributed by atoms with Crippen LogP contribution in [-0.4, -0.2) is 4.98 Å². The van der Waals surface area contributed by atoms with Gasteiger partial charge in [-0.3, -0.25) is 4.98 Å². The molecule has 0 aliphatic rings. The van der Waals surface area contributed by atoms with Gasteiger partial charge in [0.25, 0.3) is 0 Å². The first-order valence-corrected chi connectivity index (χ1v) is 8.31. The molecule has 0 aliphatic carbocycles. The summed E-state index contributed by atoms with van der Waals surface area (Å²) in [5.41, 5.74) is 3.19. The minimum absolute atomic E-state index is 0.200. The Hall–Kier alpha value is -2.88. The van der Waals surface area contributed by atoms with Crippen molar-refractivity contribution in [3.63, 3.8) is 0 Å². The second-order valence-electron chi connectivity index (χ2n) is 6.60. The first kappa shape index (κ1) is 16.6. The minimum atomic E-state index is -4.41. The maximum Gasteiger partial charge on any atom is 0.417 e. The minimum Gasteiger partial charge on any atom is -0.256 e. The molecule has 0 saturated heterocycles. The van der Waals surface area contributed by atoms with Gasteiger partial charge in [0.1, 0.15) is 0 Å². The molecule has 1 heterocycles. The largest absolute Gasteiger partial charge is 0.417 e. The molecule has 0 radical (unpaired) electrons. The Bertz CT molecular complexity index is 1120. The first-order valence-electron chi connectivity index (χ1n) is 8.31. The van der Waals surface area contributed by atoms with Gasteiger partial charge in [-0.05, 0) is 54.3 Å². The van der Waals surface area contributed by atoms with Crippen LogP contribution in [0.4, 0.5) is 13.2 Å². The molecule has 0 N–H and O–H groups in total. The van der Waals surface area contributed by atoms with Crippen molar-refractivity contribution in [2.75, 3.05) is 0 Å². The molecular weight excluding hydrogens is 335 g/mol. The molecule has 0 amide bonds. The number of nitrogens with zero attached hydrogens (tertiary/aromatic N) is 1. The number of benzene rings is 3. The predicted octanol–water partition coefficient (Wildman–Crippen LogP) is 6.69. The third kappa shape index (κ3) is 2.71. The molecule has 0 fully saturated rings. The molecule has 4 rings (SSSR count). The maximum absolute atomic E-state index is 13.6. The zero-order valence-electron chi connectivity index (χ0n) is 14.4. The third-order valence-corrected chi connectivity index (χ3v) is 4.57. The van der Waals surface area contributed by atoms with Crippen LogP contribution in [0.25, 0.3) is 32.8 Å². The summed E-state index contributed by atoms with van der Waals surface area (Å²) < 4.78 is 40.7. The lowest BCUT2D eigenvalue weighted by atomic mass is 9.93. The van der Waals surface area contributed by atoms with E-state index in [1.165, 1.54) is 12.1 Å². The number of aromatic nitrogens is 1. The molecule has 0 saturated carbocycles. The van der Waals surface area contributed by atoms with Gasteiger partial charge in [-0.2, -0.15) is 13.2 Å². The lowest BCUT2D eigenvalue weighted by molar-refractivity contribution is -0.136. The summed E-state index contributed by atoms with van der Waals surface area (Å²) in [7, 11) is 0. The fraction of sp³-hybridized carbons (Fsp3) is 0.136. The quantitative estimate of drug-likeness (QED) is 0.348. The van der Waals surface area contributed by atoms with E-state index in [2.05, 4.69) is 11.1 Å². The highest BCUT2D eigenvalue weighted by Gasteiger charge is 2.33. The smallest absolute Gasteiger partial charge is 0.256 e. The lowest BCUT2D eigenvalue weighted by Gasteiger charge is -2.15. The molecule has 0 atom stereocenters. The van der Waals surface area contributed by atoms with Crippen LogP contribution < -0.4 is 0 Å². The number of halogens is 3. The van der Waals surface area contributed by atoms with E-state index in [9.17, 15) is 13.2 Å². The fourth-order valence-electron chi connectivity index (χ4n) is 3.61. The summed E-state index contributed by atoms with van der Waals surface area (Å²) in [6.45, 7) is 4.00. The molecule has 0 aliphatic heterocycles. The maximum atomic E-state index is 13.6. The van der Waals surface area contributed by atoms with E-state index in [4.69, 9.17) is 0 Å². The van der Waals surface area contributed by atoms with Crippen molar-refractivity contribution >= 4 is 21.5 Å². The average Bonchev–Trinajstić information content (AvgIpc) is 2.58. The number of aryl methyl sites for hydroxylation is 2. The monoisotopic (exact) mass is 351 g/mol. The van der Waals surface area contributed by atoms with E-state index in [1.807, 2.05) is 26.0 Å². The molecule has 3 aromatic carbocycles. The molecule has 1 aromatic heterocycles. The van der Waals surface area contributed by atoms with Crippen LogP contribution in [0.5, 0.6) is 0 Å². The summed E-state index contributed by atoms with van der Waals surface area (Å²) in [6, 6.07) is 15.6. The van der Waals surface area contributed by atoms with Gasteiger partial charge < -0.3 is 0 Å². The van der Waals surface area contributed by atoms with Gasteiger partial charge in [-0.15, -0.1) is 0 Å². The lowest BCUT2D eigenvalue weighted by Crippen LogP contribution is -2.06. The molecule has 0 unspecified atom stereocenters. The Balaban J connectivity index is 2.17. The molecule has 1 nitrogen and oxygen atoms in total. The van der Waals surface area contributed by atoms with Crippen LogP contribution in [0, 0.1) is 13.8 Å². The third-order valence-electron chi connectivity index (χ3n) is 4.57. The number of pyridine rings is 1. The Morgan fingerprint density at radius 3 is 2.12 bits per heavy atom. The summed E-state index contributed by atoms with van der Waals surface area (Å²) in [5.74, 6) is 0. The van der Waals surface area contributed by atoms with Crippen molar-refractivity contribution in [3.05, 3.63) is 77.5 Å². The van der Waals surface area contributed by atoms with E-state index >= 15 is 0 Å². The van der Waals surface area contributed by atoms with Gasteiger partial charge in [0, 0.05) is 17.1 Å². The van der Waals surface area contributed by atoms with Crippen molar-refractivity contribution in [1.29, 1.82) is 0 Å². The van der Waals surface area contributed by atoms with E-state index in [-0.39, 0.29) is 5.39 Å². The Kier molecular flexibility index (Phi) is 3.72. The van der Waals surface area contributed by atoms with Crippen LogP contribution in [0.3, 0.4) is 0 Å². The second-order valence-corrected chi connectivity index (χ2v) is 6.60. The number of alkyl halides is 3. The van der Waals surface area contributed by atoms with Gasteiger partial charge >= 0.3 is 6.18 Å². The van der Waals surface area contributed by atoms with Crippen molar-refractivity contribution < 1.29 is 13.2 Å². The molecule has 4 aromatic rings. The van der Waals surface area contributed by atoms with Crippen molar-refractivity contribution in [1.82, 2.24) is 4.98 Å². The average molecular weight is 351 g/mol. The second kappa shape index (κ2) is 5.84. The zero-order valence-corrected chi connectivity index (χ0v) is 14.4. The SMILES string of the molecule is Cc1cc(C)cc(-c2nccc3cc(C(F)(F)F)c4ccccc4c23)c1. The van der Waals surface area contributed by atoms with E-state index in [1.54, 1.807) is 30.5 Å². The first-order chi connectivity index (χ1) is 12.3. The molecule has 4 heteroatoms. The van der Waals surface area contributed by atoms with Crippen LogP contribution >= 0.6 is 0 Å². The zero-order chi connectivity index (χ0) is 18.5. The molecule has 130 valence electrons. The van der Waals surface area contributed by atoms with Crippen LogP contribution in [0.15, 0.2) is 60.8 Å². The van der Waals surface area contributed by atoms with Crippen molar-refractivity contribution in [3.8, 4) is 11.3 Å². The number of hydrogen-bond acceptors (Lipinski definition) is 1. The highest BCUT2D eigenvalue weighted by Crippen LogP contribution is 2.41. The Labute approximate surface area is 149 Å². The molecule has 26 heavy (non-hydrogen) atoms. The number of hydrogen-bond donors (Lipinski definition) is 0. The standard InChI is InChI=1S/C22H16F3N/c1-13-9-14(2)11-16(10-13)21-20-15(7-8-26-21)12-19(22(23,24)25)17-5-3-4-6-18(17)20/h3-12H,1-2H3. The summed E-state index contributed by atoms with van der Waals surface area (Å²) in [5, 5.41) is 2.06. The van der Waals surface area contributed by atoms with Crippen LogP contribution in [-0.2, 0) is 6.18 Å². The Morgan fingerprint density at radius 1 is 0.808 bits per heavy atom. The van der Waals surface area contributed by atoms with Gasteiger partial charge in [-0.1, -0.05) is 41.5 Å². The van der Waals surface area contributed by atoms with Crippen LogP contribution in [0.1, 0.15) is 16.7 Å². The van der Waals surface area contributed by atoms with Crippen LogP contribution in [0.2, 0.25) is 0 Å².